The number of ether oxygens (including phenoxy) is 1. The molecule has 39 heavy (non-hydrogen) atoms. The molecule has 212 valence electrons. The summed E-state index contributed by atoms with van der Waals surface area (Å²) in [6, 6.07) is 10.4. The number of hydrogen-bond acceptors (Lipinski definition) is 6. The van der Waals surface area contributed by atoms with Crippen LogP contribution in [0.1, 0.15) is 66.5 Å². The van der Waals surface area contributed by atoms with Gasteiger partial charge in [-0.1, -0.05) is 52.0 Å². The summed E-state index contributed by atoms with van der Waals surface area (Å²) in [5.41, 5.74) is 1.68. The van der Waals surface area contributed by atoms with Crippen LogP contribution >= 0.6 is 0 Å². The highest BCUT2D eigenvalue weighted by molar-refractivity contribution is 6.74. The van der Waals surface area contributed by atoms with Gasteiger partial charge in [-0.3, -0.25) is 19.3 Å². The van der Waals surface area contributed by atoms with Crippen molar-refractivity contribution in [1.82, 2.24) is 10.3 Å². The Kier molecular flexibility index (Phi) is 9.07. The first-order chi connectivity index (χ1) is 18.0. The fraction of sp³-hybridized carbons (Fsp3) is 0.533. The Morgan fingerprint density at radius 3 is 2.33 bits per heavy atom. The van der Waals surface area contributed by atoms with Gasteiger partial charge in [0.1, 0.15) is 17.5 Å². The van der Waals surface area contributed by atoms with Gasteiger partial charge in [-0.05, 0) is 62.2 Å². The van der Waals surface area contributed by atoms with Crippen LogP contribution in [0, 0.1) is 5.92 Å². The van der Waals surface area contributed by atoms with E-state index in [2.05, 4.69) is 44.2 Å². The predicted molar refractivity (Wildman–Crippen MR) is 156 cm³/mol. The molecule has 1 unspecified atom stereocenters. The van der Waals surface area contributed by atoms with Crippen LogP contribution in [0.5, 0.6) is 0 Å². The van der Waals surface area contributed by atoms with E-state index in [-0.39, 0.29) is 17.4 Å². The van der Waals surface area contributed by atoms with E-state index in [0.29, 0.717) is 24.5 Å². The first-order valence-electron chi connectivity index (χ1n) is 13.5. The van der Waals surface area contributed by atoms with E-state index < -0.39 is 37.8 Å². The highest BCUT2D eigenvalue weighted by atomic mass is 28.4. The van der Waals surface area contributed by atoms with Gasteiger partial charge < -0.3 is 14.5 Å². The lowest BCUT2D eigenvalue weighted by Crippen LogP contribution is -2.47. The van der Waals surface area contributed by atoms with Gasteiger partial charge in [0.25, 0.3) is 5.91 Å². The summed E-state index contributed by atoms with van der Waals surface area (Å²) in [6.45, 7) is 18.5. The summed E-state index contributed by atoms with van der Waals surface area (Å²) >= 11 is 0. The van der Waals surface area contributed by atoms with Gasteiger partial charge in [-0.25, -0.2) is 4.98 Å². The molecular weight excluding hydrogens is 510 g/mol. The molecular formula is C30H43N3O5Si. The minimum atomic E-state index is -2.04. The zero-order valence-electron chi connectivity index (χ0n) is 24.8. The molecule has 1 aliphatic heterocycles. The molecule has 2 amide bonds. The molecule has 0 aliphatic carbocycles. The lowest BCUT2D eigenvalue weighted by molar-refractivity contribution is -0.157. The summed E-state index contributed by atoms with van der Waals surface area (Å²) in [6.07, 6.45) is 1.58. The number of pyridine rings is 1. The van der Waals surface area contributed by atoms with Crippen molar-refractivity contribution in [2.24, 2.45) is 5.92 Å². The first-order valence-corrected chi connectivity index (χ1v) is 16.4. The Bertz CT molecular complexity index is 1220. The molecule has 1 aliphatic rings. The lowest BCUT2D eigenvalue weighted by atomic mass is 9.95. The molecule has 0 fully saturated rings. The average molecular weight is 554 g/mol. The van der Waals surface area contributed by atoms with Crippen molar-refractivity contribution >= 4 is 31.9 Å². The highest BCUT2D eigenvalue weighted by Gasteiger charge is 2.39. The van der Waals surface area contributed by atoms with Gasteiger partial charge in [0, 0.05) is 24.2 Å². The van der Waals surface area contributed by atoms with Crippen LogP contribution < -0.4 is 10.2 Å². The van der Waals surface area contributed by atoms with Gasteiger partial charge in [-0.2, -0.15) is 0 Å². The Morgan fingerprint density at radius 2 is 1.69 bits per heavy atom. The number of carbonyl (C=O) groups excluding carboxylic acids is 3. The molecule has 1 aromatic carbocycles. The number of aromatic nitrogens is 1. The zero-order valence-corrected chi connectivity index (χ0v) is 25.8. The minimum absolute atomic E-state index is 0.0307. The van der Waals surface area contributed by atoms with Crippen molar-refractivity contribution in [2.75, 3.05) is 18.1 Å². The second-order valence-corrected chi connectivity index (χ2v) is 17.5. The average Bonchev–Trinajstić information content (AvgIpc) is 2.91. The number of nitrogens with zero attached hydrogens (tertiary/aromatic N) is 2. The van der Waals surface area contributed by atoms with E-state index in [1.807, 2.05) is 36.4 Å². The van der Waals surface area contributed by atoms with Crippen LogP contribution in [-0.2, 0) is 23.5 Å². The van der Waals surface area contributed by atoms with Crippen LogP contribution in [-0.4, -0.2) is 49.8 Å². The monoisotopic (exact) mass is 553 g/mol. The number of anilines is 1. The second-order valence-electron chi connectivity index (χ2n) is 12.7. The molecule has 9 heteroatoms. The predicted octanol–water partition coefficient (Wildman–Crippen LogP) is 5.64. The molecule has 2 aromatic rings. The molecule has 1 aromatic heterocycles. The Labute approximate surface area is 233 Å². The van der Waals surface area contributed by atoms with Crippen molar-refractivity contribution in [3.8, 4) is 11.1 Å². The molecule has 2 heterocycles. The van der Waals surface area contributed by atoms with Crippen molar-refractivity contribution in [2.45, 2.75) is 84.7 Å². The third-order valence-corrected chi connectivity index (χ3v) is 11.9. The largest absolute Gasteiger partial charge is 0.460 e. The lowest BCUT2D eigenvalue weighted by Gasteiger charge is -2.37. The number of esters is 1. The highest BCUT2D eigenvalue weighted by Crippen LogP contribution is 2.40. The fourth-order valence-corrected chi connectivity index (χ4v) is 5.22. The van der Waals surface area contributed by atoms with Gasteiger partial charge >= 0.3 is 5.97 Å². The Balaban J connectivity index is 1.91. The van der Waals surface area contributed by atoms with Crippen LogP contribution in [0.4, 0.5) is 5.82 Å². The number of rotatable bonds is 8. The maximum absolute atomic E-state index is 14.1. The molecule has 0 saturated carbocycles. The van der Waals surface area contributed by atoms with Gasteiger partial charge in [0.2, 0.25) is 5.91 Å². The molecule has 8 nitrogen and oxygen atoms in total. The summed E-state index contributed by atoms with van der Waals surface area (Å²) in [5.74, 6) is -1.30. The molecule has 2 atom stereocenters. The first kappa shape index (κ1) is 30.5. The SMILES string of the molecule is C[C@H](CC(=O)OC(C)(C)C)C(=O)NC1C(=O)N(CCO[Si](C)(C)C(C)(C)C)c2ncccc2-c2ccccc21. The van der Waals surface area contributed by atoms with Crippen molar-refractivity contribution in [1.29, 1.82) is 0 Å². The van der Waals surface area contributed by atoms with E-state index in [0.717, 1.165) is 11.1 Å². The topological polar surface area (TPSA) is 97.8 Å². The van der Waals surface area contributed by atoms with Gasteiger partial charge in [-0.15, -0.1) is 0 Å². The van der Waals surface area contributed by atoms with Crippen molar-refractivity contribution in [3.63, 3.8) is 0 Å². The third kappa shape index (κ3) is 7.33. The number of fused-ring (bicyclic) bond motifs is 3. The number of benzene rings is 1. The number of amides is 2. The van der Waals surface area contributed by atoms with E-state index in [4.69, 9.17) is 9.16 Å². The number of carbonyl (C=O) groups is 3. The summed E-state index contributed by atoms with van der Waals surface area (Å²) < 4.78 is 11.8. The van der Waals surface area contributed by atoms with Crippen LogP contribution in [0.25, 0.3) is 11.1 Å². The van der Waals surface area contributed by atoms with E-state index in [9.17, 15) is 14.4 Å². The minimum Gasteiger partial charge on any atom is -0.460 e. The van der Waals surface area contributed by atoms with Gasteiger partial charge in [0.15, 0.2) is 8.32 Å². The standard InChI is InChI=1S/C30H43N3O5Si/c1-20(19-24(34)38-29(2,3)4)27(35)32-25-22-14-11-10-13-21(22)23-15-12-16-31-26(23)33(28(25)36)17-18-37-39(8,9)30(5,6)7/h10-16,20,25H,17-19H2,1-9H3,(H,32,35)/t20-,25?/m1/s1. The van der Waals surface area contributed by atoms with E-state index in [1.54, 1.807) is 38.8 Å². The molecule has 0 radical (unpaired) electrons. The molecule has 3 rings (SSSR count). The fourth-order valence-electron chi connectivity index (χ4n) is 4.18. The maximum Gasteiger partial charge on any atom is 0.307 e. The van der Waals surface area contributed by atoms with Crippen LogP contribution in [0.3, 0.4) is 0 Å². The van der Waals surface area contributed by atoms with Crippen molar-refractivity contribution < 1.29 is 23.5 Å². The molecule has 0 saturated heterocycles. The quantitative estimate of drug-likeness (QED) is 0.336. The Morgan fingerprint density at radius 1 is 1.05 bits per heavy atom. The van der Waals surface area contributed by atoms with Crippen LogP contribution in [0.2, 0.25) is 18.1 Å². The maximum atomic E-state index is 14.1. The second kappa shape index (κ2) is 11.6. The van der Waals surface area contributed by atoms with Gasteiger partial charge in [0.05, 0.1) is 13.0 Å². The van der Waals surface area contributed by atoms with Crippen LogP contribution in [0.15, 0.2) is 42.6 Å². The Hall–Kier alpha value is -3.04. The smallest absolute Gasteiger partial charge is 0.307 e. The third-order valence-electron chi connectivity index (χ3n) is 7.33. The number of nitrogens with one attached hydrogen (secondary N) is 1. The van der Waals surface area contributed by atoms with E-state index in [1.165, 1.54) is 0 Å². The summed E-state index contributed by atoms with van der Waals surface area (Å²) in [5, 5.41) is 2.96. The van der Waals surface area contributed by atoms with E-state index >= 15 is 0 Å². The zero-order chi connectivity index (χ0) is 29.2. The normalized spacial score (nSPS) is 16.6. The molecule has 1 N–H and O–H groups in total. The molecule has 0 spiro atoms. The van der Waals surface area contributed by atoms with Crippen molar-refractivity contribution in [3.05, 3.63) is 48.2 Å². The number of hydrogen-bond donors (Lipinski definition) is 1. The summed E-state index contributed by atoms with van der Waals surface area (Å²) in [4.78, 5) is 46.0. The molecule has 0 bridgehead atoms. The summed E-state index contributed by atoms with van der Waals surface area (Å²) in [7, 11) is -2.04.